The van der Waals surface area contributed by atoms with Crippen molar-refractivity contribution in [1.29, 1.82) is 0 Å². The van der Waals surface area contributed by atoms with E-state index in [0.717, 1.165) is 29.9 Å². The Kier molecular flexibility index (Phi) is 4.42. The molecule has 1 aromatic rings. The summed E-state index contributed by atoms with van der Waals surface area (Å²) in [4.78, 5) is 24.7. The minimum Gasteiger partial charge on any atom is -0.481 e. The Labute approximate surface area is 118 Å². The van der Waals surface area contributed by atoms with Crippen LogP contribution in [-0.2, 0) is 16.0 Å². The smallest absolute Gasteiger partial charge is 0.303 e. The number of carboxylic acid groups (broad SMARTS) is 1. The van der Waals surface area contributed by atoms with Crippen LogP contribution in [0.25, 0.3) is 0 Å². The molecule has 2 heterocycles. The van der Waals surface area contributed by atoms with E-state index >= 15 is 0 Å². The Balaban J connectivity index is 1.87. The Bertz CT molecular complexity index is 490. The van der Waals surface area contributed by atoms with Gasteiger partial charge in [0.15, 0.2) is 0 Å². The molecule has 1 unspecified atom stereocenters. The van der Waals surface area contributed by atoms with Gasteiger partial charge in [0.25, 0.3) is 0 Å². The first-order chi connectivity index (χ1) is 9.47. The normalized spacial score (nSPS) is 18.5. The van der Waals surface area contributed by atoms with Gasteiger partial charge in [-0.1, -0.05) is 0 Å². The highest BCUT2D eigenvalue weighted by atomic mass is 16.4. The van der Waals surface area contributed by atoms with Crippen molar-refractivity contribution in [2.75, 3.05) is 13.1 Å². The Morgan fingerprint density at radius 1 is 1.45 bits per heavy atom. The summed E-state index contributed by atoms with van der Waals surface area (Å²) >= 11 is 0. The second-order valence-corrected chi connectivity index (χ2v) is 5.52. The van der Waals surface area contributed by atoms with Gasteiger partial charge in [0, 0.05) is 30.8 Å². The molecule has 1 aliphatic heterocycles. The van der Waals surface area contributed by atoms with Crippen molar-refractivity contribution in [1.82, 2.24) is 15.1 Å². The third-order valence-corrected chi connectivity index (χ3v) is 4.01. The number of aromatic nitrogens is 2. The molecule has 1 saturated heterocycles. The third kappa shape index (κ3) is 3.37. The summed E-state index contributed by atoms with van der Waals surface area (Å²) in [6.45, 7) is 5.23. The average molecular weight is 279 g/mol. The molecule has 110 valence electrons. The molecule has 0 saturated carbocycles. The molecule has 2 N–H and O–H groups in total. The first kappa shape index (κ1) is 14.6. The maximum Gasteiger partial charge on any atom is 0.303 e. The number of nitrogens with zero attached hydrogens (tertiary/aromatic N) is 2. The lowest BCUT2D eigenvalue weighted by molar-refractivity contribution is -0.137. The molecular formula is C14H21N3O3. The van der Waals surface area contributed by atoms with E-state index < -0.39 is 5.97 Å². The lowest BCUT2D eigenvalue weighted by Crippen LogP contribution is -2.30. The zero-order valence-corrected chi connectivity index (χ0v) is 12.0. The zero-order chi connectivity index (χ0) is 14.7. The molecular weight excluding hydrogens is 258 g/mol. The summed E-state index contributed by atoms with van der Waals surface area (Å²) in [7, 11) is 0. The van der Waals surface area contributed by atoms with Crippen LogP contribution >= 0.6 is 0 Å². The number of aryl methyl sites for hydroxylation is 2. The first-order valence-corrected chi connectivity index (χ1v) is 6.97. The highest BCUT2D eigenvalue weighted by Gasteiger charge is 2.27. The van der Waals surface area contributed by atoms with E-state index in [0.29, 0.717) is 25.3 Å². The van der Waals surface area contributed by atoms with Crippen LogP contribution in [0.4, 0.5) is 0 Å². The lowest BCUT2D eigenvalue weighted by atomic mass is 10.0. The van der Waals surface area contributed by atoms with Gasteiger partial charge in [0.2, 0.25) is 5.91 Å². The molecule has 1 aromatic heterocycles. The molecule has 0 aliphatic carbocycles. The van der Waals surface area contributed by atoms with Crippen molar-refractivity contribution in [2.45, 2.75) is 39.5 Å². The minimum atomic E-state index is -0.764. The first-order valence-electron chi connectivity index (χ1n) is 6.97. The zero-order valence-electron chi connectivity index (χ0n) is 12.0. The van der Waals surface area contributed by atoms with Gasteiger partial charge in [-0.05, 0) is 32.6 Å². The molecule has 0 aromatic carbocycles. The van der Waals surface area contributed by atoms with Gasteiger partial charge in [-0.2, -0.15) is 5.10 Å². The molecule has 0 spiro atoms. The van der Waals surface area contributed by atoms with Crippen molar-refractivity contribution < 1.29 is 14.7 Å². The van der Waals surface area contributed by atoms with Crippen LogP contribution in [0, 0.1) is 19.8 Å². The van der Waals surface area contributed by atoms with Crippen LogP contribution in [0.3, 0.4) is 0 Å². The van der Waals surface area contributed by atoms with E-state index in [1.807, 2.05) is 18.7 Å². The van der Waals surface area contributed by atoms with Gasteiger partial charge in [0.1, 0.15) is 0 Å². The molecule has 2 rings (SSSR count). The van der Waals surface area contributed by atoms with Crippen LogP contribution in [0.1, 0.15) is 36.2 Å². The maximum atomic E-state index is 12.3. The number of likely N-dealkylation sites (tertiary alicyclic amines) is 1. The predicted octanol–water partition coefficient (Wildman–Crippen LogP) is 1.28. The molecule has 6 heteroatoms. The standard InChI is InChI=1S/C14H21N3O3/c1-9-12(10(2)16-15-9)7-13(18)17-6-5-11(8-17)3-4-14(19)20/h11H,3-8H2,1-2H3,(H,15,16)(H,19,20). The lowest BCUT2D eigenvalue weighted by Gasteiger charge is -2.16. The highest BCUT2D eigenvalue weighted by molar-refractivity contribution is 5.79. The van der Waals surface area contributed by atoms with E-state index in [1.165, 1.54) is 0 Å². The van der Waals surface area contributed by atoms with E-state index in [1.54, 1.807) is 0 Å². The number of aromatic amines is 1. The number of amides is 1. The van der Waals surface area contributed by atoms with Crippen LogP contribution in [0.2, 0.25) is 0 Å². The summed E-state index contributed by atoms with van der Waals surface area (Å²) < 4.78 is 0. The molecule has 1 fully saturated rings. The van der Waals surface area contributed by atoms with Crippen molar-refractivity contribution in [3.05, 3.63) is 17.0 Å². The molecule has 0 radical (unpaired) electrons. The van der Waals surface area contributed by atoms with E-state index in [9.17, 15) is 9.59 Å². The average Bonchev–Trinajstić information content (AvgIpc) is 2.98. The number of H-pyrrole nitrogens is 1. The molecule has 6 nitrogen and oxygen atoms in total. The fourth-order valence-electron chi connectivity index (χ4n) is 2.72. The number of nitrogens with one attached hydrogen (secondary N) is 1. The van der Waals surface area contributed by atoms with Gasteiger partial charge in [0.05, 0.1) is 12.1 Å². The molecule has 20 heavy (non-hydrogen) atoms. The quantitative estimate of drug-likeness (QED) is 0.850. The second-order valence-electron chi connectivity index (χ2n) is 5.52. The Hall–Kier alpha value is -1.85. The Morgan fingerprint density at radius 2 is 2.20 bits per heavy atom. The van der Waals surface area contributed by atoms with Crippen molar-refractivity contribution in [3.63, 3.8) is 0 Å². The van der Waals surface area contributed by atoms with Crippen LogP contribution < -0.4 is 0 Å². The largest absolute Gasteiger partial charge is 0.481 e. The van der Waals surface area contributed by atoms with E-state index in [4.69, 9.17) is 5.11 Å². The second kappa shape index (κ2) is 6.07. The van der Waals surface area contributed by atoms with Crippen LogP contribution in [-0.4, -0.2) is 45.2 Å². The number of carbonyl (C=O) groups excluding carboxylic acids is 1. The summed E-state index contributed by atoms with van der Waals surface area (Å²) in [5.74, 6) is -0.337. The topological polar surface area (TPSA) is 86.3 Å². The monoisotopic (exact) mass is 279 g/mol. The minimum absolute atomic E-state index is 0.107. The van der Waals surface area contributed by atoms with Crippen molar-refractivity contribution in [3.8, 4) is 0 Å². The molecule has 1 aliphatic rings. The molecule has 1 atom stereocenters. The SMILES string of the molecule is Cc1n[nH]c(C)c1CC(=O)N1CCC(CCC(=O)O)C1. The van der Waals surface area contributed by atoms with E-state index in [2.05, 4.69) is 10.2 Å². The van der Waals surface area contributed by atoms with Crippen LogP contribution in [0.15, 0.2) is 0 Å². The fourth-order valence-corrected chi connectivity index (χ4v) is 2.72. The van der Waals surface area contributed by atoms with Gasteiger partial charge in [-0.25, -0.2) is 0 Å². The summed E-state index contributed by atoms with van der Waals surface area (Å²) in [5, 5.41) is 15.7. The Morgan fingerprint density at radius 3 is 2.80 bits per heavy atom. The van der Waals surface area contributed by atoms with E-state index in [-0.39, 0.29) is 12.3 Å². The van der Waals surface area contributed by atoms with Crippen LogP contribution in [0.5, 0.6) is 0 Å². The third-order valence-electron chi connectivity index (χ3n) is 4.01. The maximum absolute atomic E-state index is 12.3. The number of hydrogen-bond acceptors (Lipinski definition) is 3. The summed E-state index contributed by atoms with van der Waals surface area (Å²) in [6, 6.07) is 0. The number of hydrogen-bond donors (Lipinski definition) is 2. The molecule has 1 amide bonds. The molecule has 0 bridgehead atoms. The van der Waals surface area contributed by atoms with Gasteiger partial charge < -0.3 is 10.0 Å². The van der Waals surface area contributed by atoms with Gasteiger partial charge >= 0.3 is 5.97 Å². The summed E-state index contributed by atoms with van der Waals surface area (Å²) in [5.41, 5.74) is 2.79. The van der Waals surface area contributed by atoms with Gasteiger partial charge in [-0.3, -0.25) is 14.7 Å². The summed E-state index contributed by atoms with van der Waals surface area (Å²) in [6.07, 6.45) is 2.12. The highest BCUT2D eigenvalue weighted by Crippen LogP contribution is 2.22. The van der Waals surface area contributed by atoms with Gasteiger partial charge in [-0.15, -0.1) is 0 Å². The predicted molar refractivity (Wildman–Crippen MR) is 73.3 cm³/mol. The number of carboxylic acids is 1. The number of carbonyl (C=O) groups is 2. The number of rotatable bonds is 5. The van der Waals surface area contributed by atoms with Crippen molar-refractivity contribution in [2.24, 2.45) is 5.92 Å². The van der Waals surface area contributed by atoms with Crippen molar-refractivity contribution >= 4 is 11.9 Å². The fraction of sp³-hybridized carbons (Fsp3) is 0.643. The number of aliphatic carboxylic acids is 1.